The van der Waals surface area contributed by atoms with Crippen LogP contribution in [0, 0.1) is 11.8 Å². The number of carbonyl (C=O) groups is 2. The number of carbonyl (C=O) groups excluding carboxylic acids is 2. The average Bonchev–Trinajstić information content (AvgIpc) is 3.07. The van der Waals surface area contributed by atoms with Crippen LogP contribution in [0.5, 0.6) is 5.75 Å². The van der Waals surface area contributed by atoms with Gasteiger partial charge >= 0.3 is 0 Å². The van der Waals surface area contributed by atoms with Gasteiger partial charge in [-0.2, -0.15) is 0 Å². The molecular formula is C17H25N3O3. The molecular weight excluding hydrogens is 294 g/mol. The van der Waals surface area contributed by atoms with E-state index in [-0.39, 0.29) is 17.7 Å². The number of nitrogens with one attached hydrogen (secondary N) is 2. The molecule has 0 radical (unpaired) electrons. The molecule has 2 atom stereocenters. The van der Waals surface area contributed by atoms with Crippen LogP contribution in [0.1, 0.15) is 29.6 Å². The lowest BCUT2D eigenvalue weighted by molar-refractivity contribution is -0.125. The van der Waals surface area contributed by atoms with Crippen molar-refractivity contribution in [1.82, 2.24) is 10.6 Å². The molecule has 4 N–H and O–H groups in total. The van der Waals surface area contributed by atoms with E-state index in [0.29, 0.717) is 36.9 Å². The van der Waals surface area contributed by atoms with Gasteiger partial charge in [-0.05, 0) is 49.6 Å². The van der Waals surface area contributed by atoms with Crippen molar-refractivity contribution in [2.75, 3.05) is 26.7 Å². The normalized spacial score (nSPS) is 20.1. The lowest BCUT2D eigenvalue weighted by Gasteiger charge is -2.17. The van der Waals surface area contributed by atoms with Crippen molar-refractivity contribution < 1.29 is 14.3 Å². The summed E-state index contributed by atoms with van der Waals surface area (Å²) in [6, 6.07) is 6.89. The van der Waals surface area contributed by atoms with Gasteiger partial charge in [-0.1, -0.05) is 6.42 Å². The van der Waals surface area contributed by atoms with E-state index in [1.807, 2.05) is 0 Å². The van der Waals surface area contributed by atoms with Crippen molar-refractivity contribution in [3.63, 3.8) is 0 Å². The first kappa shape index (κ1) is 17.3. The minimum absolute atomic E-state index is 0.0253. The first-order chi connectivity index (χ1) is 11.2. The van der Waals surface area contributed by atoms with E-state index in [1.165, 1.54) is 0 Å². The molecule has 1 aliphatic rings. The van der Waals surface area contributed by atoms with Crippen molar-refractivity contribution in [2.45, 2.75) is 19.3 Å². The summed E-state index contributed by atoms with van der Waals surface area (Å²) in [7, 11) is 1.58. The molecule has 0 unspecified atom stereocenters. The van der Waals surface area contributed by atoms with Gasteiger partial charge in [-0.15, -0.1) is 0 Å². The third-order valence-electron chi connectivity index (χ3n) is 4.36. The molecule has 0 saturated heterocycles. The molecule has 1 saturated carbocycles. The van der Waals surface area contributed by atoms with Gasteiger partial charge < -0.3 is 21.1 Å². The van der Waals surface area contributed by atoms with Gasteiger partial charge in [0.05, 0.1) is 7.11 Å². The van der Waals surface area contributed by atoms with E-state index >= 15 is 0 Å². The van der Waals surface area contributed by atoms with Crippen molar-refractivity contribution in [3.05, 3.63) is 29.8 Å². The summed E-state index contributed by atoms with van der Waals surface area (Å²) >= 11 is 0. The fourth-order valence-corrected chi connectivity index (χ4v) is 3.00. The minimum atomic E-state index is -0.164. The second-order valence-electron chi connectivity index (χ2n) is 5.81. The van der Waals surface area contributed by atoms with Crippen LogP contribution in [-0.4, -0.2) is 38.6 Å². The summed E-state index contributed by atoms with van der Waals surface area (Å²) in [5.41, 5.74) is 6.26. The predicted octanol–water partition coefficient (Wildman–Crippen LogP) is 0.916. The summed E-state index contributed by atoms with van der Waals surface area (Å²) < 4.78 is 5.05. The van der Waals surface area contributed by atoms with Gasteiger partial charge in [0.25, 0.3) is 5.91 Å². The van der Waals surface area contributed by atoms with Gasteiger partial charge in [0.15, 0.2) is 0 Å². The van der Waals surface area contributed by atoms with E-state index < -0.39 is 0 Å². The monoisotopic (exact) mass is 319 g/mol. The quantitative estimate of drug-likeness (QED) is 0.651. The molecule has 23 heavy (non-hydrogen) atoms. The maximum absolute atomic E-state index is 12.1. The molecule has 1 aromatic carbocycles. The van der Waals surface area contributed by atoms with Crippen LogP contribution in [-0.2, 0) is 4.79 Å². The Morgan fingerprint density at radius 2 is 1.87 bits per heavy atom. The average molecular weight is 319 g/mol. The Morgan fingerprint density at radius 1 is 1.17 bits per heavy atom. The van der Waals surface area contributed by atoms with Crippen LogP contribution in [0.2, 0.25) is 0 Å². The van der Waals surface area contributed by atoms with Crippen LogP contribution in [0.15, 0.2) is 24.3 Å². The zero-order valence-corrected chi connectivity index (χ0v) is 13.5. The summed E-state index contributed by atoms with van der Waals surface area (Å²) in [5.74, 6) is 0.917. The van der Waals surface area contributed by atoms with Gasteiger partial charge in [0.1, 0.15) is 5.75 Å². The molecule has 0 spiro atoms. The standard InChI is InChI=1S/C17H25N3O3/c1-23-14-7-5-12(6-8-14)16(21)19-9-10-20-17(22)15-4-2-3-13(15)11-18/h5-8,13,15H,2-4,9-11,18H2,1H3,(H,19,21)(H,20,22)/t13-,15-/m1/s1. The Morgan fingerprint density at radius 3 is 2.52 bits per heavy atom. The molecule has 0 bridgehead atoms. The molecule has 6 nitrogen and oxygen atoms in total. The van der Waals surface area contributed by atoms with Crippen LogP contribution in [0.25, 0.3) is 0 Å². The van der Waals surface area contributed by atoms with Crippen LogP contribution in [0.4, 0.5) is 0 Å². The third kappa shape index (κ3) is 4.69. The molecule has 2 amide bonds. The largest absolute Gasteiger partial charge is 0.497 e. The number of amides is 2. The molecule has 6 heteroatoms. The second kappa shape index (κ2) is 8.53. The molecule has 0 aliphatic heterocycles. The topological polar surface area (TPSA) is 93.5 Å². The minimum Gasteiger partial charge on any atom is -0.497 e. The lowest BCUT2D eigenvalue weighted by atomic mass is 9.95. The van der Waals surface area contributed by atoms with E-state index in [9.17, 15) is 9.59 Å². The molecule has 1 aromatic rings. The Balaban J connectivity index is 1.70. The second-order valence-corrected chi connectivity index (χ2v) is 5.81. The third-order valence-corrected chi connectivity index (χ3v) is 4.36. The molecule has 1 aliphatic carbocycles. The zero-order valence-electron chi connectivity index (χ0n) is 13.5. The number of methoxy groups -OCH3 is 1. The summed E-state index contributed by atoms with van der Waals surface area (Å²) in [6.45, 7) is 1.39. The van der Waals surface area contributed by atoms with Gasteiger partial charge in [-0.3, -0.25) is 9.59 Å². The maximum Gasteiger partial charge on any atom is 0.251 e. The number of hydrogen-bond donors (Lipinski definition) is 3. The number of rotatable bonds is 7. The number of benzene rings is 1. The molecule has 126 valence electrons. The fourth-order valence-electron chi connectivity index (χ4n) is 3.00. The smallest absolute Gasteiger partial charge is 0.251 e. The van der Waals surface area contributed by atoms with Crippen molar-refractivity contribution in [3.8, 4) is 5.75 Å². The highest BCUT2D eigenvalue weighted by atomic mass is 16.5. The predicted molar refractivity (Wildman–Crippen MR) is 88.2 cm³/mol. The van der Waals surface area contributed by atoms with Crippen LogP contribution in [0.3, 0.4) is 0 Å². The first-order valence-corrected chi connectivity index (χ1v) is 8.05. The van der Waals surface area contributed by atoms with Crippen molar-refractivity contribution in [2.24, 2.45) is 17.6 Å². The Kier molecular flexibility index (Phi) is 6.40. The van der Waals surface area contributed by atoms with E-state index in [2.05, 4.69) is 10.6 Å². The Bertz CT molecular complexity index is 530. The van der Waals surface area contributed by atoms with Crippen LogP contribution < -0.4 is 21.1 Å². The van der Waals surface area contributed by atoms with Crippen molar-refractivity contribution in [1.29, 1.82) is 0 Å². The van der Waals surface area contributed by atoms with Gasteiger partial charge in [0, 0.05) is 24.6 Å². The first-order valence-electron chi connectivity index (χ1n) is 8.05. The van der Waals surface area contributed by atoms with Gasteiger partial charge in [-0.25, -0.2) is 0 Å². The lowest BCUT2D eigenvalue weighted by Crippen LogP contribution is -2.39. The van der Waals surface area contributed by atoms with E-state index in [0.717, 1.165) is 19.3 Å². The molecule has 0 aromatic heterocycles. The molecule has 2 rings (SSSR count). The van der Waals surface area contributed by atoms with Crippen LogP contribution >= 0.6 is 0 Å². The number of nitrogens with two attached hydrogens (primary N) is 1. The van der Waals surface area contributed by atoms with E-state index in [1.54, 1.807) is 31.4 Å². The van der Waals surface area contributed by atoms with Gasteiger partial charge in [0.2, 0.25) is 5.91 Å². The van der Waals surface area contributed by atoms with E-state index in [4.69, 9.17) is 10.5 Å². The number of ether oxygens (including phenoxy) is 1. The molecule has 0 heterocycles. The zero-order chi connectivity index (χ0) is 16.7. The van der Waals surface area contributed by atoms with Crippen molar-refractivity contribution >= 4 is 11.8 Å². The Hall–Kier alpha value is -2.08. The Labute approximate surface area is 136 Å². The SMILES string of the molecule is COc1ccc(C(=O)NCCNC(=O)[C@@H]2CCC[C@@H]2CN)cc1. The summed E-state index contributed by atoms with van der Waals surface area (Å²) in [4.78, 5) is 24.1. The summed E-state index contributed by atoms with van der Waals surface area (Å²) in [5, 5.41) is 5.67. The maximum atomic E-state index is 12.1. The number of hydrogen-bond acceptors (Lipinski definition) is 4. The highest BCUT2D eigenvalue weighted by Crippen LogP contribution is 2.30. The fraction of sp³-hybridized carbons (Fsp3) is 0.529. The highest BCUT2D eigenvalue weighted by molar-refractivity contribution is 5.94. The highest BCUT2D eigenvalue weighted by Gasteiger charge is 2.31. The molecule has 1 fully saturated rings. The summed E-state index contributed by atoms with van der Waals surface area (Å²) in [6.07, 6.45) is 3.00.